The van der Waals surface area contributed by atoms with E-state index in [0.717, 1.165) is 28.1 Å². The molecule has 0 atom stereocenters. The molecule has 0 saturated carbocycles. The Kier molecular flexibility index (Phi) is 2.60. The minimum Gasteiger partial charge on any atom is -0.478 e. The summed E-state index contributed by atoms with van der Waals surface area (Å²) in [5.74, 6) is -0.873. The SMILES string of the molecule is O=C(O)c1cccc2c1Cc1c(Cl)cccc1C2. The van der Waals surface area contributed by atoms with Crippen LogP contribution in [0.1, 0.15) is 32.6 Å². The van der Waals surface area contributed by atoms with Crippen LogP contribution in [-0.4, -0.2) is 11.1 Å². The maximum atomic E-state index is 11.2. The van der Waals surface area contributed by atoms with E-state index in [1.807, 2.05) is 18.2 Å². The van der Waals surface area contributed by atoms with Crippen LogP contribution in [0.5, 0.6) is 0 Å². The molecule has 0 heterocycles. The Morgan fingerprint density at radius 2 is 1.67 bits per heavy atom. The van der Waals surface area contributed by atoms with E-state index in [-0.39, 0.29) is 0 Å². The zero-order chi connectivity index (χ0) is 12.7. The van der Waals surface area contributed by atoms with Crippen LogP contribution in [0.15, 0.2) is 36.4 Å². The van der Waals surface area contributed by atoms with Crippen LogP contribution in [0, 0.1) is 0 Å². The predicted molar refractivity (Wildman–Crippen MR) is 70.5 cm³/mol. The zero-order valence-corrected chi connectivity index (χ0v) is 10.4. The fourth-order valence-electron chi connectivity index (χ4n) is 2.56. The lowest BCUT2D eigenvalue weighted by Gasteiger charge is -2.22. The summed E-state index contributed by atoms with van der Waals surface area (Å²) in [7, 11) is 0. The Bertz CT molecular complexity index is 647. The lowest BCUT2D eigenvalue weighted by molar-refractivity contribution is 0.0695. The third kappa shape index (κ3) is 1.70. The standard InChI is InChI=1S/C15H11ClO2/c16-14-6-2-4-10-7-9-3-1-5-11(15(17)18)12(9)8-13(10)14/h1-6H,7-8H2,(H,17,18). The molecule has 90 valence electrons. The molecular formula is C15H11ClO2. The summed E-state index contributed by atoms with van der Waals surface area (Å²) in [6.07, 6.45) is 1.36. The molecule has 2 aromatic carbocycles. The van der Waals surface area contributed by atoms with Crippen LogP contribution in [0.2, 0.25) is 5.02 Å². The molecule has 18 heavy (non-hydrogen) atoms. The summed E-state index contributed by atoms with van der Waals surface area (Å²) < 4.78 is 0. The molecule has 2 aromatic rings. The highest BCUT2D eigenvalue weighted by atomic mass is 35.5. The van der Waals surface area contributed by atoms with Crippen molar-refractivity contribution in [3.63, 3.8) is 0 Å². The van der Waals surface area contributed by atoms with E-state index in [9.17, 15) is 9.90 Å². The number of carboxylic acids is 1. The van der Waals surface area contributed by atoms with Gasteiger partial charge in [0.25, 0.3) is 0 Å². The van der Waals surface area contributed by atoms with Crippen LogP contribution in [0.3, 0.4) is 0 Å². The Hall–Kier alpha value is -1.80. The van der Waals surface area contributed by atoms with E-state index in [1.165, 1.54) is 5.56 Å². The van der Waals surface area contributed by atoms with Crippen molar-refractivity contribution >= 4 is 17.6 Å². The molecule has 0 bridgehead atoms. The lowest BCUT2D eigenvalue weighted by Crippen LogP contribution is -2.13. The maximum Gasteiger partial charge on any atom is 0.335 e. The van der Waals surface area contributed by atoms with Crippen molar-refractivity contribution in [1.82, 2.24) is 0 Å². The van der Waals surface area contributed by atoms with Gasteiger partial charge in [-0.05, 0) is 40.8 Å². The molecule has 0 aliphatic heterocycles. The minimum atomic E-state index is -0.873. The molecule has 0 unspecified atom stereocenters. The van der Waals surface area contributed by atoms with Crippen molar-refractivity contribution in [2.75, 3.05) is 0 Å². The smallest absolute Gasteiger partial charge is 0.335 e. The highest BCUT2D eigenvalue weighted by Crippen LogP contribution is 2.33. The Morgan fingerprint density at radius 1 is 1.00 bits per heavy atom. The van der Waals surface area contributed by atoms with Gasteiger partial charge in [-0.3, -0.25) is 0 Å². The normalized spacial score (nSPS) is 12.7. The van der Waals surface area contributed by atoms with E-state index in [4.69, 9.17) is 11.6 Å². The highest BCUT2D eigenvalue weighted by molar-refractivity contribution is 6.31. The molecule has 0 aromatic heterocycles. The Morgan fingerprint density at radius 3 is 2.39 bits per heavy atom. The summed E-state index contributed by atoms with van der Waals surface area (Å²) in [5, 5.41) is 9.95. The van der Waals surface area contributed by atoms with E-state index in [0.29, 0.717) is 12.0 Å². The lowest BCUT2D eigenvalue weighted by atomic mass is 9.83. The van der Waals surface area contributed by atoms with Gasteiger partial charge in [0.2, 0.25) is 0 Å². The number of carbonyl (C=O) groups is 1. The van der Waals surface area contributed by atoms with Crippen LogP contribution in [-0.2, 0) is 12.8 Å². The molecular weight excluding hydrogens is 248 g/mol. The summed E-state index contributed by atoms with van der Waals surface area (Å²) in [6, 6.07) is 11.3. The minimum absolute atomic E-state index is 0.387. The van der Waals surface area contributed by atoms with Crippen LogP contribution in [0.25, 0.3) is 0 Å². The molecule has 2 nitrogen and oxygen atoms in total. The number of benzene rings is 2. The second-order valence-corrected chi connectivity index (χ2v) is 4.89. The third-order valence-corrected chi connectivity index (χ3v) is 3.81. The second kappa shape index (κ2) is 4.14. The molecule has 0 fully saturated rings. The zero-order valence-electron chi connectivity index (χ0n) is 9.61. The van der Waals surface area contributed by atoms with Gasteiger partial charge >= 0.3 is 5.97 Å². The van der Waals surface area contributed by atoms with Crippen molar-refractivity contribution in [3.05, 3.63) is 69.2 Å². The first-order valence-electron chi connectivity index (χ1n) is 5.77. The van der Waals surface area contributed by atoms with E-state index >= 15 is 0 Å². The van der Waals surface area contributed by atoms with E-state index in [2.05, 4.69) is 6.07 Å². The van der Waals surface area contributed by atoms with Crippen molar-refractivity contribution < 1.29 is 9.90 Å². The Balaban J connectivity index is 2.17. The number of carboxylic acid groups (broad SMARTS) is 1. The Labute approximate surface area is 110 Å². The van der Waals surface area contributed by atoms with Gasteiger partial charge in [-0.25, -0.2) is 4.79 Å². The fourth-order valence-corrected chi connectivity index (χ4v) is 2.82. The van der Waals surface area contributed by atoms with Gasteiger partial charge < -0.3 is 5.11 Å². The van der Waals surface area contributed by atoms with Gasteiger partial charge in [-0.2, -0.15) is 0 Å². The molecule has 0 radical (unpaired) electrons. The van der Waals surface area contributed by atoms with Crippen molar-refractivity contribution in [3.8, 4) is 0 Å². The molecule has 0 saturated heterocycles. The van der Waals surface area contributed by atoms with Crippen molar-refractivity contribution in [2.45, 2.75) is 12.8 Å². The molecule has 1 N–H and O–H groups in total. The van der Waals surface area contributed by atoms with Gasteiger partial charge in [-0.15, -0.1) is 0 Å². The van der Waals surface area contributed by atoms with Crippen molar-refractivity contribution in [2.24, 2.45) is 0 Å². The molecule has 1 aliphatic carbocycles. The molecule has 1 aliphatic rings. The topological polar surface area (TPSA) is 37.3 Å². The van der Waals surface area contributed by atoms with Crippen LogP contribution in [0.4, 0.5) is 0 Å². The first-order chi connectivity index (χ1) is 8.66. The van der Waals surface area contributed by atoms with Crippen molar-refractivity contribution in [1.29, 1.82) is 0 Å². The molecule has 0 spiro atoms. The van der Waals surface area contributed by atoms with E-state index < -0.39 is 5.97 Å². The number of rotatable bonds is 1. The predicted octanol–water partition coefficient (Wildman–Crippen LogP) is 3.53. The maximum absolute atomic E-state index is 11.2. The number of aromatic carboxylic acids is 1. The highest BCUT2D eigenvalue weighted by Gasteiger charge is 2.21. The summed E-state index contributed by atoms with van der Waals surface area (Å²) >= 11 is 6.19. The third-order valence-electron chi connectivity index (χ3n) is 3.45. The first-order valence-corrected chi connectivity index (χ1v) is 6.15. The summed E-state index contributed by atoms with van der Waals surface area (Å²) in [6.45, 7) is 0. The number of halogens is 1. The quantitative estimate of drug-likeness (QED) is 0.725. The molecule has 3 heteroatoms. The van der Waals surface area contributed by atoms with Crippen LogP contribution >= 0.6 is 11.6 Å². The van der Waals surface area contributed by atoms with Gasteiger partial charge in [-0.1, -0.05) is 35.9 Å². The first kappa shape index (κ1) is 11.3. The number of hydrogen-bond acceptors (Lipinski definition) is 1. The fraction of sp³-hybridized carbons (Fsp3) is 0.133. The number of fused-ring (bicyclic) bond motifs is 2. The van der Waals surface area contributed by atoms with Crippen LogP contribution < -0.4 is 0 Å². The monoisotopic (exact) mass is 258 g/mol. The van der Waals surface area contributed by atoms with Gasteiger partial charge in [0.05, 0.1) is 5.56 Å². The average molecular weight is 259 g/mol. The average Bonchev–Trinajstić information content (AvgIpc) is 2.36. The van der Waals surface area contributed by atoms with E-state index in [1.54, 1.807) is 12.1 Å². The number of hydrogen-bond donors (Lipinski definition) is 1. The second-order valence-electron chi connectivity index (χ2n) is 4.48. The largest absolute Gasteiger partial charge is 0.478 e. The molecule has 0 amide bonds. The summed E-state index contributed by atoms with van der Waals surface area (Å²) in [5.41, 5.74) is 4.62. The van der Waals surface area contributed by atoms with Gasteiger partial charge in [0, 0.05) is 11.4 Å². The van der Waals surface area contributed by atoms with Gasteiger partial charge in [0.1, 0.15) is 0 Å². The van der Waals surface area contributed by atoms with Gasteiger partial charge in [0.15, 0.2) is 0 Å². The summed E-state index contributed by atoms with van der Waals surface area (Å²) in [4.78, 5) is 11.2. The molecule has 3 rings (SSSR count).